The summed E-state index contributed by atoms with van der Waals surface area (Å²) in [5.41, 5.74) is 2.91. The van der Waals surface area contributed by atoms with Crippen molar-refractivity contribution in [2.45, 2.75) is 38.5 Å². The molecule has 0 amide bonds. The van der Waals surface area contributed by atoms with Gasteiger partial charge in [-0.2, -0.15) is 10.5 Å². The lowest BCUT2D eigenvalue weighted by atomic mass is 9.87. The first kappa shape index (κ1) is 17.6. The van der Waals surface area contributed by atoms with Crippen LogP contribution in [0.4, 0.5) is 0 Å². The minimum absolute atomic E-state index is 0.125. The summed E-state index contributed by atoms with van der Waals surface area (Å²) in [6, 6.07) is 19.7. The molecule has 0 aliphatic carbocycles. The average molecular weight is 318 g/mol. The predicted molar refractivity (Wildman–Crippen MR) is 94.8 cm³/mol. The summed E-state index contributed by atoms with van der Waals surface area (Å²) in [6.45, 7) is 7.01. The van der Waals surface area contributed by atoms with Gasteiger partial charge >= 0.3 is 0 Å². The van der Waals surface area contributed by atoms with Crippen LogP contribution in [0.15, 0.2) is 48.5 Å². The van der Waals surface area contributed by atoms with Crippen LogP contribution in [0.5, 0.6) is 5.75 Å². The van der Waals surface area contributed by atoms with Crippen molar-refractivity contribution in [2.75, 3.05) is 6.61 Å². The Bertz CT molecular complexity index is 741. The van der Waals surface area contributed by atoms with Gasteiger partial charge in [0.1, 0.15) is 5.75 Å². The Hall–Kier alpha value is -2.78. The second-order valence-electron chi connectivity index (χ2n) is 6.83. The zero-order chi connectivity index (χ0) is 17.6. The van der Waals surface area contributed by atoms with Gasteiger partial charge in [0.25, 0.3) is 0 Å². The molecule has 2 rings (SSSR count). The third-order valence-corrected chi connectivity index (χ3v) is 3.99. The fourth-order valence-electron chi connectivity index (χ4n) is 2.44. The molecular formula is C21H22N2O. The molecule has 122 valence electrons. The second kappa shape index (κ2) is 7.66. The summed E-state index contributed by atoms with van der Waals surface area (Å²) in [5.74, 6) is 0.589. The van der Waals surface area contributed by atoms with Crippen molar-refractivity contribution in [1.29, 1.82) is 10.5 Å². The molecule has 0 heterocycles. The van der Waals surface area contributed by atoms with Gasteiger partial charge in [0, 0.05) is 6.42 Å². The highest BCUT2D eigenvalue weighted by Crippen LogP contribution is 2.25. The minimum atomic E-state index is -0.230. The third kappa shape index (κ3) is 4.61. The molecule has 1 unspecified atom stereocenters. The van der Waals surface area contributed by atoms with Crippen LogP contribution >= 0.6 is 0 Å². The van der Waals surface area contributed by atoms with E-state index in [4.69, 9.17) is 10.00 Å². The molecule has 2 aromatic rings. The van der Waals surface area contributed by atoms with Gasteiger partial charge < -0.3 is 4.74 Å². The molecule has 3 nitrogen and oxygen atoms in total. The van der Waals surface area contributed by atoms with Gasteiger partial charge in [-0.1, -0.05) is 45.0 Å². The van der Waals surface area contributed by atoms with Crippen LogP contribution in [-0.2, 0) is 5.41 Å². The van der Waals surface area contributed by atoms with E-state index in [0.29, 0.717) is 18.6 Å². The predicted octanol–water partition coefficient (Wildman–Crippen LogP) is 4.93. The van der Waals surface area contributed by atoms with Gasteiger partial charge in [-0.05, 0) is 40.8 Å². The van der Waals surface area contributed by atoms with Gasteiger partial charge in [-0.25, -0.2) is 0 Å². The lowest BCUT2D eigenvalue weighted by molar-refractivity contribution is 0.305. The number of nitrogens with zero attached hydrogens (tertiary/aromatic N) is 2. The summed E-state index contributed by atoms with van der Waals surface area (Å²) in [7, 11) is 0. The van der Waals surface area contributed by atoms with Crippen molar-refractivity contribution in [3.05, 3.63) is 65.2 Å². The molecule has 0 N–H and O–H groups in total. The van der Waals surface area contributed by atoms with Crippen molar-refractivity contribution < 1.29 is 4.74 Å². The Kier molecular flexibility index (Phi) is 5.61. The summed E-state index contributed by atoms with van der Waals surface area (Å²) in [5, 5.41) is 18.2. The highest BCUT2D eigenvalue weighted by Gasteiger charge is 2.14. The number of rotatable bonds is 5. The van der Waals surface area contributed by atoms with Crippen LogP contribution in [0.1, 0.15) is 49.8 Å². The largest absolute Gasteiger partial charge is 0.494 e. The standard InChI is InChI=1S/C21H22N2O/c1-21(2,3)19-8-10-20(11-9-19)24-13-12-18(15-23)17-6-4-16(14-22)5-7-17/h4-11,18H,12-13H2,1-3H3. The molecule has 0 saturated carbocycles. The maximum atomic E-state index is 9.36. The van der Waals surface area contributed by atoms with Crippen molar-refractivity contribution in [3.8, 4) is 17.9 Å². The van der Waals surface area contributed by atoms with Gasteiger partial charge in [0.2, 0.25) is 0 Å². The molecule has 2 aromatic carbocycles. The van der Waals surface area contributed by atoms with Crippen molar-refractivity contribution in [1.82, 2.24) is 0 Å². The van der Waals surface area contributed by atoms with E-state index in [9.17, 15) is 5.26 Å². The molecule has 0 aromatic heterocycles. The van der Waals surface area contributed by atoms with Crippen molar-refractivity contribution >= 4 is 0 Å². The summed E-state index contributed by atoms with van der Waals surface area (Å²) in [4.78, 5) is 0. The lowest BCUT2D eigenvalue weighted by Gasteiger charge is -2.19. The van der Waals surface area contributed by atoms with Gasteiger partial charge in [-0.15, -0.1) is 0 Å². The molecule has 1 atom stereocenters. The highest BCUT2D eigenvalue weighted by atomic mass is 16.5. The number of hydrogen-bond acceptors (Lipinski definition) is 3. The van der Waals surface area contributed by atoms with E-state index < -0.39 is 0 Å². The topological polar surface area (TPSA) is 56.8 Å². The van der Waals surface area contributed by atoms with Crippen LogP contribution in [0.3, 0.4) is 0 Å². The van der Waals surface area contributed by atoms with Gasteiger partial charge in [0.05, 0.1) is 30.2 Å². The normalized spacial score (nSPS) is 12.0. The third-order valence-electron chi connectivity index (χ3n) is 3.99. The molecule has 0 bridgehead atoms. The molecule has 0 saturated heterocycles. The Balaban J connectivity index is 1.92. The van der Waals surface area contributed by atoms with Crippen molar-refractivity contribution in [3.63, 3.8) is 0 Å². The number of ether oxygens (including phenoxy) is 1. The zero-order valence-corrected chi connectivity index (χ0v) is 14.4. The molecule has 0 spiro atoms. The quantitative estimate of drug-likeness (QED) is 0.785. The number of nitriles is 2. The second-order valence-corrected chi connectivity index (χ2v) is 6.83. The number of benzene rings is 2. The smallest absolute Gasteiger partial charge is 0.119 e. The summed E-state index contributed by atoms with van der Waals surface area (Å²) in [6.07, 6.45) is 0.615. The van der Waals surface area contributed by atoms with Gasteiger partial charge in [0.15, 0.2) is 0 Å². The van der Waals surface area contributed by atoms with Crippen molar-refractivity contribution in [2.24, 2.45) is 0 Å². The van der Waals surface area contributed by atoms with Crippen LogP contribution in [0, 0.1) is 22.7 Å². The summed E-state index contributed by atoms with van der Waals surface area (Å²) >= 11 is 0. The minimum Gasteiger partial charge on any atom is -0.494 e. The molecule has 0 aliphatic heterocycles. The van der Waals surface area contributed by atoms with E-state index in [2.05, 4.69) is 45.0 Å². The first-order valence-electron chi connectivity index (χ1n) is 8.07. The van der Waals surface area contributed by atoms with E-state index >= 15 is 0 Å². The Morgan fingerprint density at radius 3 is 2.08 bits per heavy atom. The Morgan fingerprint density at radius 1 is 0.958 bits per heavy atom. The molecule has 0 fully saturated rings. The summed E-state index contributed by atoms with van der Waals surface area (Å²) < 4.78 is 5.77. The zero-order valence-electron chi connectivity index (χ0n) is 14.4. The number of hydrogen-bond donors (Lipinski definition) is 0. The van der Waals surface area contributed by atoms with E-state index in [1.54, 1.807) is 12.1 Å². The average Bonchev–Trinajstić information content (AvgIpc) is 2.58. The molecule has 3 heteroatoms. The van der Waals surface area contributed by atoms with Crippen LogP contribution in [0.25, 0.3) is 0 Å². The van der Waals surface area contributed by atoms with Crippen LogP contribution in [0.2, 0.25) is 0 Å². The lowest BCUT2D eigenvalue weighted by Crippen LogP contribution is -2.10. The van der Waals surface area contributed by atoms with Crippen LogP contribution < -0.4 is 4.74 Å². The Labute approximate surface area is 144 Å². The van der Waals surface area contributed by atoms with E-state index in [-0.39, 0.29) is 11.3 Å². The molecule has 0 aliphatic rings. The molecular weight excluding hydrogens is 296 g/mol. The van der Waals surface area contributed by atoms with E-state index in [0.717, 1.165) is 11.3 Å². The fourth-order valence-corrected chi connectivity index (χ4v) is 2.44. The monoisotopic (exact) mass is 318 g/mol. The van der Waals surface area contributed by atoms with Crippen LogP contribution in [-0.4, -0.2) is 6.61 Å². The van der Waals surface area contributed by atoms with Gasteiger partial charge in [-0.3, -0.25) is 0 Å². The molecule has 24 heavy (non-hydrogen) atoms. The van der Waals surface area contributed by atoms with E-state index in [1.807, 2.05) is 24.3 Å². The maximum absolute atomic E-state index is 9.36. The highest BCUT2D eigenvalue weighted by molar-refractivity contribution is 5.35. The first-order valence-corrected chi connectivity index (χ1v) is 8.07. The first-order chi connectivity index (χ1) is 11.4. The maximum Gasteiger partial charge on any atom is 0.119 e. The van der Waals surface area contributed by atoms with E-state index in [1.165, 1.54) is 5.56 Å². The molecule has 0 radical (unpaired) electrons. The fraction of sp³-hybridized carbons (Fsp3) is 0.333. The Morgan fingerprint density at radius 2 is 1.58 bits per heavy atom. The SMILES string of the molecule is CC(C)(C)c1ccc(OCCC(C#N)c2ccc(C#N)cc2)cc1.